The molecule has 0 amide bonds. The van der Waals surface area contributed by atoms with E-state index in [0.717, 1.165) is 18.4 Å². The van der Waals surface area contributed by atoms with Crippen molar-refractivity contribution in [2.24, 2.45) is 5.92 Å². The van der Waals surface area contributed by atoms with Gasteiger partial charge in [0.2, 0.25) is 11.8 Å². The van der Waals surface area contributed by atoms with Gasteiger partial charge in [0.1, 0.15) is 0 Å². The summed E-state index contributed by atoms with van der Waals surface area (Å²) in [7, 11) is -1.97. The van der Waals surface area contributed by atoms with Gasteiger partial charge in [0.05, 0.1) is 6.54 Å². The lowest BCUT2D eigenvalue weighted by Crippen LogP contribution is -2.46. The van der Waals surface area contributed by atoms with E-state index >= 15 is 0 Å². The number of benzene rings is 1. The zero-order valence-electron chi connectivity index (χ0n) is 13.9. The van der Waals surface area contributed by atoms with Crippen molar-refractivity contribution in [2.75, 3.05) is 20.1 Å². The van der Waals surface area contributed by atoms with E-state index in [2.05, 4.69) is 17.1 Å². The Labute approximate surface area is 142 Å². The molecule has 1 saturated heterocycles. The minimum Gasteiger partial charge on any atom is -0.419 e. The van der Waals surface area contributed by atoms with Gasteiger partial charge < -0.3 is 4.42 Å². The molecule has 0 bridgehead atoms. The number of hydrogen-bond acceptors (Lipinski definition) is 5. The lowest BCUT2D eigenvalue weighted by atomic mass is 10.0. The van der Waals surface area contributed by atoms with Crippen molar-refractivity contribution >= 4 is 10.2 Å². The third-order valence-electron chi connectivity index (χ3n) is 4.19. The highest BCUT2D eigenvalue weighted by atomic mass is 32.2. The van der Waals surface area contributed by atoms with Crippen molar-refractivity contribution < 1.29 is 12.8 Å². The molecule has 0 N–H and O–H groups in total. The van der Waals surface area contributed by atoms with E-state index < -0.39 is 10.2 Å². The van der Waals surface area contributed by atoms with Crippen LogP contribution in [-0.2, 0) is 16.8 Å². The average molecular weight is 350 g/mol. The smallest absolute Gasteiger partial charge is 0.282 e. The summed E-state index contributed by atoms with van der Waals surface area (Å²) in [6.45, 7) is 3.26. The molecule has 0 unspecified atom stereocenters. The van der Waals surface area contributed by atoms with Crippen LogP contribution in [0.3, 0.4) is 0 Å². The van der Waals surface area contributed by atoms with Gasteiger partial charge in [0, 0.05) is 25.7 Å². The van der Waals surface area contributed by atoms with Crippen LogP contribution in [0.5, 0.6) is 0 Å². The van der Waals surface area contributed by atoms with Crippen LogP contribution in [0.15, 0.2) is 34.7 Å². The Balaban J connectivity index is 1.70. The maximum absolute atomic E-state index is 12.7. The quantitative estimate of drug-likeness (QED) is 0.825. The summed E-state index contributed by atoms with van der Waals surface area (Å²) in [5.41, 5.74) is 0.812. The predicted molar refractivity (Wildman–Crippen MR) is 90.1 cm³/mol. The molecule has 7 nitrogen and oxygen atoms in total. The summed E-state index contributed by atoms with van der Waals surface area (Å²) in [6, 6.07) is 9.40. The van der Waals surface area contributed by atoms with Crippen molar-refractivity contribution in [1.82, 2.24) is 18.8 Å². The first-order chi connectivity index (χ1) is 11.5. The fourth-order valence-electron chi connectivity index (χ4n) is 2.84. The Morgan fingerprint density at radius 3 is 2.75 bits per heavy atom. The molecule has 1 aliphatic heterocycles. The Hall–Kier alpha value is -1.77. The molecule has 24 heavy (non-hydrogen) atoms. The maximum Gasteiger partial charge on any atom is 0.282 e. The van der Waals surface area contributed by atoms with Gasteiger partial charge in [-0.05, 0) is 30.9 Å². The van der Waals surface area contributed by atoms with Gasteiger partial charge in [-0.3, -0.25) is 0 Å². The van der Waals surface area contributed by atoms with Crippen LogP contribution in [0, 0.1) is 5.92 Å². The molecule has 1 aromatic heterocycles. The van der Waals surface area contributed by atoms with E-state index in [1.807, 2.05) is 30.3 Å². The number of aromatic nitrogens is 2. The van der Waals surface area contributed by atoms with E-state index in [1.165, 1.54) is 8.61 Å². The first-order valence-corrected chi connectivity index (χ1v) is 9.45. The Kier molecular flexibility index (Phi) is 4.98. The van der Waals surface area contributed by atoms with E-state index in [1.54, 1.807) is 7.05 Å². The largest absolute Gasteiger partial charge is 0.419 e. The van der Waals surface area contributed by atoms with Crippen LogP contribution in [0.2, 0.25) is 0 Å². The first-order valence-electron chi connectivity index (χ1n) is 8.06. The molecular formula is C16H22N4O3S. The monoisotopic (exact) mass is 350 g/mol. The van der Waals surface area contributed by atoms with E-state index in [9.17, 15) is 8.42 Å². The lowest BCUT2D eigenvalue weighted by molar-refractivity contribution is 0.259. The Bertz CT molecular complexity index is 776. The second-order valence-electron chi connectivity index (χ2n) is 6.24. The molecule has 0 aliphatic carbocycles. The second-order valence-corrected chi connectivity index (χ2v) is 8.27. The van der Waals surface area contributed by atoms with Crippen molar-refractivity contribution in [3.8, 4) is 11.5 Å². The van der Waals surface area contributed by atoms with Crippen molar-refractivity contribution in [3.05, 3.63) is 36.2 Å². The van der Waals surface area contributed by atoms with E-state index in [4.69, 9.17) is 4.42 Å². The Morgan fingerprint density at radius 1 is 1.29 bits per heavy atom. The number of piperidine rings is 1. The molecular weight excluding hydrogens is 328 g/mol. The van der Waals surface area contributed by atoms with Crippen LogP contribution >= 0.6 is 0 Å². The lowest BCUT2D eigenvalue weighted by Gasteiger charge is -2.32. The molecule has 0 radical (unpaired) electrons. The molecule has 1 fully saturated rings. The third-order valence-corrected chi connectivity index (χ3v) is 6.09. The SMILES string of the molecule is C[C@H]1CCCN(S(=O)(=O)N(C)Cc2nnc(-c3ccccc3)o2)C1. The summed E-state index contributed by atoms with van der Waals surface area (Å²) in [6.07, 6.45) is 1.97. The van der Waals surface area contributed by atoms with E-state index in [0.29, 0.717) is 24.9 Å². The molecule has 1 atom stereocenters. The molecule has 130 valence electrons. The molecule has 8 heteroatoms. The van der Waals surface area contributed by atoms with Crippen LogP contribution in [-0.4, -0.2) is 47.4 Å². The fraction of sp³-hybridized carbons (Fsp3) is 0.500. The summed E-state index contributed by atoms with van der Waals surface area (Å²) in [5.74, 6) is 1.06. The highest BCUT2D eigenvalue weighted by Crippen LogP contribution is 2.22. The zero-order chi connectivity index (χ0) is 17.2. The summed E-state index contributed by atoms with van der Waals surface area (Å²) in [5, 5.41) is 7.96. The van der Waals surface area contributed by atoms with E-state index in [-0.39, 0.29) is 12.4 Å². The molecule has 1 aliphatic rings. The molecule has 0 spiro atoms. The van der Waals surface area contributed by atoms with Gasteiger partial charge in [-0.25, -0.2) is 0 Å². The van der Waals surface area contributed by atoms with Gasteiger partial charge in [-0.15, -0.1) is 10.2 Å². The summed E-state index contributed by atoms with van der Waals surface area (Å²) < 4.78 is 33.8. The summed E-state index contributed by atoms with van der Waals surface area (Å²) in [4.78, 5) is 0. The standard InChI is InChI=1S/C16H22N4O3S/c1-13-7-6-10-20(11-13)24(21,22)19(2)12-15-17-18-16(23-15)14-8-4-3-5-9-14/h3-5,8-9,13H,6-7,10-12H2,1-2H3/t13-/m0/s1. The average Bonchev–Trinajstić information content (AvgIpc) is 3.04. The van der Waals surface area contributed by atoms with Crippen LogP contribution in [0.1, 0.15) is 25.7 Å². The Morgan fingerprint density at radius 2 is 2.04 bits per heavy atom. The van der Waals surface area contributed by atoms with Crippen LogP contribution in [0.25, 0.3) is 11.5 Å². The maximum atomic E-state index is 12.7. The normalized spacial score (nSPS) is 19.7. The van der Waals surface area contributed by atoms with Gasteiger partial charge in [0.25, 0.3) is 10.2 Å². The fourth-order valence-corrected chi connectivity index (χ4v) is 4.31. The van der Waals surface area contributed by atoms with Crippen LogP contribution < -0.4 is 0 Å². The number of hydrogen-bond donors (Lipinski definition) is 0. The van der Waals surface area contributed by atoms with Gasteiger partial charge in [-0.2, -0.15) is 17.0 Å². The third kappa shape index (κ3) is 3.66. The molecule has 3 rings (SSSR count). The highest BCUT2D eigenvalue weighted by molar-refractivity contribution is 7.86. The predicted octanol–water partition coefficient (Wildman–Crippen LogP) is 2.15. The van der Waals surface area contributed by atoms with Crippen LogP contribution in [0.4, 0.5) is 0 Å². The number of nitrogens with zero attached hydrogens (tertiary/aromatic N) is 4. The highest BCUT2D eigenvalue weighted by Gasteiger charge is 2.31. The minimum atomic E-state index is -3.51. The minimum absolute atomic E-state index is 0.0625. The molecule has 2 heterocycles. The van der Waals surface area contributed by atoms with Gasteiger partial charge in [-0.1, -0.05) is 25.1 Å². The molecule has 0 saturated carbocycles. The molecule has 2 aromatic rings. The van der Waals surface area contributed by atoms with Crippen molar-refractivity contribution in [2.45, 2.75) is 26.3 Å². The zero-order valence-corrected chi connectivity index (χ0v) is 14.7. The van der Waals surface area contributed by atoms with Crippen molar-refractivity contribution in [1.29, 1.82) is 0 Å². The first kappa shape index (κ1) is 17.1. The van der Waals surface area contributed by atoms with Gasteiger partial charge in [0.15, 0.2) is 0 Å². The summed E-state index contributed by atoms with van der Waals surface area (Å²) >= 11 is 0. The molecule has 1 aromatic carbocycles. The van der Waals surface area contributed by atoms with Gasteiger partial charge >= 0.3 is 0 Å². The topological polar surface area (TPSA) is 79.5 Å². The second kappa shape index (κ2) is 7.00. The number of rotatable bonds is 5. The van der Waals surface area contributed by atoms with Crippen molar-refractivity contribution in [3.63, 3.8) is 0 Å².